The number of hydrogen-bond donors (Lipinski definition) is 2. The third kappa shape index (κ3) is 3.73. The monoisotopic (exact) mass is 312 g/mol. The van der Waals surface area contributed by atoms with Gasteiger partial charge in [0.15, 0.2) is 11.6 Å². The zero-order chi connectivity index (χ0) is 16.1. The number of anilines is 4. The van der Waals surface area contributed by atoms with E-state index in [-0.39, 0.29) is 0 Å². The second-order valence-electron chi connectivity index (χ2n) is 4.67. The van der Waals surface area contributed by atoms with Gasteiger partial charge in [-0.25, -0.2) is 0 Å². The van der Waals surface area contributed by atoms with Gasteiger partial charge < -0.3 is 19.9 Å². The summed E-state index contributed by atoms with van der Waals surface area (Å²) in [5.41, 5.74) is 0.804. The van der Waals surface area contributed by atoms with Crippen LogP contribution < -0.4 is 15.4 Å². The third-order valence-electron chi connectivity index (χ3n) is 2.88. The molecule has 0 aliphatic carbocycles. The summed E-state index contributed by atoms with van der Waals surface area (Å²) in [6.07, 6.45) is 1.53. The highest BCUT2D eigenvalue weighted by atomic mass is 16.5. The van der Waals surface area contributed by atoms with Gasteiger partial charge in [0.1, 0.15) is 11.5 Å². The van der Waals surface area contributed by atoms with Crippen molar-refractivity contribution >= 4 is 23.3 Å². The van der Waals surface area contributed by atoms with E-state index in [1.165, 1.54) is 6.20 Å². The van der Waals surface area contributed by atoms with E-state index in [0.29, 0.717) is 30.0 Å². The lowest BCUT2D eigenvalue weighted by Gasteiger charge is -2.11. The van der Waals surface area contributed by atoms with Crippen LogP contribution >= 0.6 is 0 Å². The van der Waals surface area contributed by atoms with E-state index in [0.717, 1.165) is 11.4 Å². The standard InChI is InChI=1S/C15H16N6O2/c1-3-22-12-7-5-4-6-11(12)17-14-9-16-20-15(19-14)18-13-8-10(2)23-21-13/h4-9H,3H2,1-2H3,(H2,17,18,19,20,21). The summed E-state index contributed by atoms with van der Waals surface area (Å²) in [4.78, 5) is 4.34. The Labute approximate surface area is 132 Å². The Balaban J connectivity index is 1.77. The van der Waals surface area contributed by atoms with Crippen LogP contribution in [0.15, 0.2) is 41.1 Å². The Morgan fingerprint density at radius 1 is 1.17 bits per heavy atom. The van der Waals surface area contributed by atoms with Crippen LogP contribution in [0.3, 0.4) is 0 Å². The smallest absolute Gasteiger partial charge is 0.250 e. The molecule has 8 nitrogen and oxygen atoms in total. The predicted molar refractivity (Wildman–Crippen MR) is 85.2 cm³/mol. The van der Waals surface area contributed by atoms with Crippen molar-refractivity contribution in [2.75, 3.05) is 17.2 Å². The minimum absolute atomic E-state index is 0.317. The van der Waals surface area contributed by atoms with Crippen molar-refractivity contribution in [1.29, 1.82) is 0 Å². The van der Waals surface area contributed by atoms with E-state index < -0.39 is 0 Å². The van der Waals surface area contributed by atoms with Gasteiger partial charge in [-0.3, -0.25) is 0 Å². The highest BCUT2D eigenvalue weighted by molar-refractivity contribution is 5.64. The zero-order valence-electron chi connectivity index (χ0n) is 12.8. The molecule has 0 atom stereocenters. The molecule has 3 rings (SSSR count). The van der Waals surface area contributed by atoms with E-state index in [1.54, 1.807) is 13.0 Å². The van der Waals surface area contributed by atoms with Gasteiger partial charge in [-0.05, 0) is 26.0 Å². The molecule has 0 saturated carbocycles. The highest BCUT2D eigenvalue weighted by Gasteiger charge is 2.07. The number of nitrogens with zero attached hydrogens (tertiary/aromatic N) is 4. The molecule has 1 aromatic carbocycles. The fraction of sp³-hybridized carbons (Fsp3) is 0.200. The molecule has 0 saturated heterocycles. The molecule has 0 unspecified atom stereocenters. The van der Waals surface area contributed by atoms with Crippen LogP contribution in [0.5, 0.6) is 5.75 Å². The van der Waals surface area contributed by atoms with Crippen molar-refractivity contribution in [2.45, 2.75) is 13.8 Å². The molecule has 0 bridgehead atoms. The molecule has 118 valence electrons. The van der Waals surface area contributed by atoms with Crippen LogP contribution in [-0.2, 0) is 0 Å². The van der Waals surface area contributed by atoms with Gasteiger partial charge in [0, 0.05) is 6.07 Å². The molecular weight excluding hydrogens is 296 g/mol. The fourth-order valence-electron chi connectivity index (χ4n) is 1.95. The SMILES string of the molecule is CCOc1ccccc1Nc1cnnc(Nc2cc(C)on2)n1. The van der Waals surface area contributed by atoms with Crippen molar-refractivity contribution in [2.24, 2.45) is 0 Å². The summed E-state index contributed by atoms with van der Waals surface area (Å²) in [6.45, 7) is 4.32. The maximum atomic E-state index is 5.57. The molecular formula is C15H16N6O2. The molecule has 2 aromatic heterocycles. The molecule has 0 aliphatic rings. The Morgan fingerprint density at radius 3 is 2.83 bits per heavy atom. The summed E-state index contributed by atoms with van der Waals surface area (Å²) in [6, 6.07) is 9.36. The second-order valence-corrected chi connectivity index (χ2v) is 4.67. The first-order valence-corrected chi connectivity index (χ1v) is 7.13. The number of benzene rings is 1. The quantitative estimate of drug-likeness (QED) is 0.716. The lowest BCUT2D eigenvalue weighted by atomic mass is 10.3. The van der Waals surface area contributed by atoms with Gasteiger partial charge in [-0.1, -0.05) is 17.3 Å². The number of nitrogens with one attached hydrogen (secondary N) is 2. The van der Waals surface area contributed by atoms with Crippen LogP contribution in [0.1, 0.15) is 12.7 Å². The summed E-state index contributed by atoms with van der Waals surface area (Å²) in [5.74, 6) is 2.82. The molecule has 3 aromatic rings. The van der Waals surface area contributed by atoms with Crippen LogP contribution in [0, 0.1) is 6.92 Å². The van der Waals surface area contributed by atoms with E-state index in [4.69, 9.17) is 9.26 Å². The molecule has 0 aliphatic heterocycles. The Morgan fingerprint density at radius 2 is 2.04 bits per heavy atom. The largest absolute Gasteiger partial charge is 0.492 e. The summed E-state index contributed by atoms with van der Waals surface area (Å²) >= 11 is 0. The van der Waals surface area contributed by atoms with Crippen LogP contribution in [0.4, 0.5) is 23.3 Å². The summed E-state index contributed by atoms with van der Waals surface area (Å²) < 4.78 is 10.6. The average Bonchev–Trinajstić information content (AvgIpc) is 2.95. The highest BCUT2D eigenvalue weighted by Crippen LogP contribution is 2.26. The molecule has 0 radical (unpaired) electrons. The van der Waals surface area contributed by atoms with Crippen molar-refractivity contribution in [3.8, 4) is 5.75 Å². The molecule has 0 spiro atoms. The van der Waals surface area contributed by atoms with Crippen molar-refractivity contribution < 1.29 is 9.26 Å². The first-order valence-electron chi connectivity index (χ1n) is 7.13. The number of para-hydroxylation sites is 2. The minimum atomic E-state index is 0.317. The number of aryl methyl sites for hydroxylation is 1. The molecule has 0 fully saturated rings. The average molecular weight is 312 g/mol. The molecule has 2 heterocycles. The third-order valence-corrected chi connectivity index (χ3v) is 2.88. The van der Waals surface area contributed by atoms with Crippen molar-refractivity contribution in [3.63, 3.8) is 0 Å². The van der Waals surface area contributed by atoms with Crippen molar-refractivity contribution in [3.05, 3.63) is 42.3 Å². The van der Waals surface area contributed by atoms with E-state index >= 15 is 0 Å². The molecule has 8 heteroatoms. The number of hydrogen-bond acceptors (Lipinski definition) is 8. The number of rotatable bonds is 6. The summed E-state index contributed by atoms with van der Waals surface area (Å²) in [5, 5.41) is 17.8. The number of aromatic nitrogens is 4. The molecule has 23 heavy (non-hydrogen) atoms. The lowest BCUT2D eigenvalue weighted by Crippen LogP contribution is -2.03. The zero-order valence-corrected chi connectivity index (χ0v) is 12.8. The van der Waals surface area contributed by atoms with E-state index in [2.05, 4.69) is 31.0 Å². The Bertz CT molecular complexity index is 789. The van der Waals surface area contributed by atoms with Crippen LogP contribution in [0.25, 0.3) is 0 Å². The van der Waals surface area contributed by atoms with Gasteiger partial charge in [-0.2, -0.15) is 10.1 Å². The first-order chi connectivity index (χ1) is 11.2. The molecule has 0 amide bonds. The second kappa shape index (κ2) is 6.73. The predicted octanol–water partition coefficient (Wildman–Crippen LogP) is 3.05. The minimum Gasteiger partial charge on any atom is -0.492 e. The topological polar surface area (TPSA) is 98.0 Å². The van der Waals surface area contributed by atoms with Gasteiger partial charge in [0.05, 0.1) is 18.5 Å². The number of ether oxygens (including phenoxy) is 1. The van der Waals surface area contributed by atoms with Crippen LogP contribution in [0.2, 0.25) is 0 Å². The summed E-state index contributed by atoms with van der Waals surface area (Å²) in [7, 11) is 0. The van der Waals surface area contributed by atoms with Gasteiger partial charge in [-0.15, -0.1) is 5.10 Å². The molecule has 2 N–H and O–H groups in total. The Kier molecular flexibility index (Phi) is 4.32. The first kappa shape index (κ1) is 14.8. The van der Waals surface area contributed by atoms with E-state index in [1.807, 2.05) is 31.2 Å². The normalized spacial score (nSPS) is 10.3. The van der Waals surface area contributed by atoms with Gasteiger partial charge >= 0.3 is 0 Å². The lowest BCUT2D eigenvalue weighted by molar-refractivity contribution is 0.342. The van der Waals surface area contributed by atoms with E-state index in [9.17, 15) is 0 Å². The van der Waals surface area contributed by atoms with Crippen LogP contribution in [-0.4, -0.2) is 26.9 Å². The Hall–Kier alpha value is -3.16. The van der Waals surface area contributed by atoms with Crippen molar-refractivity contribution in [1.82, 2.24) is 20.3 Å². The maximum Gasteiger partial charge on any atom is 0.250 e. The fourth-order valence-corrected chi connectivity index (χ4v) is 1.95. The van der Waals surface area contributed by atoms with Gasteiger partial charge in [0.2, 0.25) is 5.95 Å². The maximum absolute atomic E-state index is 5.57. The van der Waals surface area contributed by atoms with Gasteiger partial charge in [0.25, 0.3) is 0 Å².